The van der Waals surface area contributed by atoms with Crippen molar-refractivity contribution in [3.63, 3.8) is 0 Å². The smallest absolute Gasteiger partial charge is 0.240 e. The van der Waals surface area contributed by atoms with Gasteiger partial charge in [0, 0.05) is 19.0 Å². The first-order valence-electron chi connectivity index (χ1n) is 8.75. The van der Waals surface area contributed by atoms with Crippen molar-refractivity contribution in [2.45, 2.75) is 57.6 Å². The summed E-state index contributed by atoms with van der Waals surface area (Å²) in [5.41, 5.74) is 0.694. The van der Waals surface area contributed by atoms with E-state index in [1.54, 1.807) is 36.6 Å². The van der Waals surface area contributed by atoms with Gasteiger partial charge in [-0.1, -0.05) is 19.1 Å². The molecule has 2 aromatic rings. The monoisotopic (exact) mass is 411 g/mol. The molecule has 0 saturated heterocycles. The first-order chi connectivity index (χ1) is 12.7. The number of sulfonamides is 1. The zero-order chi connectivity index (χ0) is 20.0. The molecule has 0 aliphatic rings. The third-order valence-electron chi connectivity index (χ3n) is 3.70. The third kappa shape index (κ3) is 5.98. The molecule has 2 rings (SSSR count). The van der Waals surface area contributed by atoms with Crippen LogP contribution in [-0.2, 0) is 34.3 Å². The molecule has 0 atom stereocenters. The van der Waals surface area contributed by atoms with Crippen LogP contribution in [0.15, 0.2) is 29.2 Å². The van der Waals surface area contributed by atoms with Crippen molar-refractivity contribution in [2.75, 3.05) is 0 Å². The molecule has 1 heterocycles. The van der Waals surface area contributed by atoms with Crippen molar-refractivity contribution in [1.82, 2.24) is 24.8 Å². The Labute approximate surface area is 164 Å². The van der Waals surface area contributed by atoms with E-state index in [0.29, 0.717) is 10.3 Å². The van der Waals surface area contributed by atoms with Crippen LogP contribution in [0, 0.1) is 4.77 Å². The summed E-state index contributed by atoms with van der Waals surface area (Å²) in [6.07, 6.45) is 1.62. The van der Waals surface area contributed by atoms with Gasteiger partial charge in [-0.05, 0) is 50.2 Å². The summed E-state index contributed by atoms with van der Waals surface area (Å²) < 4.78 is 29.1. The van der Waals surface area contributed by atoms with Crippen LogP contribution < -0.4 is 10.0 Å². The van der Waals surface area contributed by atoms with Gasteiger partial charge in [-0.25, -0.2) is 13.1 Å². The van der Waals surface area contributed by atoms with E-state index in [4.69, 9.17) is 12.2 Å². The number of aromatic amines is 1. The van der Waals surface area contributed by atoms with Gasteiger partial charge in [0.2, 0.25) is 15.9 Å². The fourth-order valence-corrected chi connectivity index (χ4v) is 4.07. The van der Waals surface area contributed by atoms with Crippen LogP contribution in [0.3, 0.4) is 0 Å². The van der Waals surface area contributed by atoms with Crippen LogP contribution in [0.4, 0.5) is 0 Å². The summed E-state index contributed by atoms with van der Waals surface area (Å²) in [4.78, 5) is 12.4. The summed E-state index contributed by atoms with van der Waals surface area (Å²) in [5, 5.41) is 9.62. The summed E-state index contributed by atoms with van der Waals surface area (Å²) in [5.74, 6) is 0.518. The molecule has 0 fully saturated rings. The molecule has 0 aliphatic carbocycles. The minimum absolute atomic E-state index is 0.0670. The van der Waals surface area contributed by atoms with Crippen LogP contribution in [0.25, 0.3) is 0 Å². The van der Waals surface area contributed by atoms with Gasteiger partial charge in [0.15, 0.2) is 4.77 Å². The van der Waals surface area contributed by atoms with Crippen LogP contribution >= 0.6 is 12.2 Å². The van der Waals surface area contributed by atoms with Crippen molar-refractivity contribution < 1.29 is 13.2 Å². The molecule has 1 amide bonds. The van der Waals surface area contributed by atoms with E-state index in [-0.39, 0.29) is 29.9 Å². The third-order valence-corrected chi connectivity index (χ3v) is 5.67. The molecular weight excluding hydrogens is 386 g/mol. The molecule has 27 heavy (non-hydrogen) atoms. The van der Waals surface area contributed by atoms with Crippen molar-refractivity contribution in [1.29, 1.82) is 0 Å². The number of rotatable bonds is 9. The molecule has 3 N–H and O–H groups in total. The topological polar surface area (TPSA) is 109 Å². The number of carbonyl (C=O) groups excluding carboxylic acids is 1. The van der Waals surface area contributed by atoms with E-state index in [9.17, 15) is 13.2 Å². The van der Waals surface area contributed by atoms with Crippen molar-refractivity contribution >= 4 is 28.1 Å². The highest BCUT2D eigenvalue weighted by Gasteiger charge is 2.16. The van der Waals surface area contributed by atoms with E-state index in [1.807, 2.05) is 6.92 Å². The highest BCUT2D eigenvalue weighted by molar-refractivity contribution is 7.89. The highest BCUT2D eigenvalue weighted by atomic mass is 32.2. The normalized spacial score (nSPS) is 11.7. The van der Waals surface area contributed by atoms with Crippen LogP contribution in [-0.4, -0.2) is 35.1 Å². The van der Waals surface area contributed by atoms with Crippen LogP contribution in [0.5, 0.6) is 0 Å². The second-order valence-electron chi connectivity index (χ2n) is 6.48. The summed E-state index contributed by atoms with van der Waals surface area (Å²) >= 11 is 5.17. The maximum Gasteiger partial charge on any atom is 0.240 e. The Morgan fingerprint density at radius 1 is 1.37 bits per heavy atom. The zero-order valence-corrected chi connectivity index (χ0v) is 17.3. The predicted molar refractivity (Wildman–Crippen MR) is 105 cm³/mol. The van der Waals surface area contributed by atoms with E-state index in [1.165, 1.54) is 6.07 Å². The first kappa shape index (κ1) is 21.3. The highest BCUT2D eigenvalue weighted by Crippen LogP contribution is 2.12. The van der Waals surface area contributed by atoms with E-state index < -0.39 is 10.0 Å². The van der Waals surface area contributed by atoms with Crippen molar-refractivity contribution in [3.8, 4) is 0 Å². The first-order valence-corrected chi connectivity index (χ1v) is 10.6. The number of hydrogen-bond acceptors (Lipinski definition) is 5. The van der Waals surface area contributed by atoms with Gasteiger partial charge < -0.3 is 5.32 Å². The Morgan fingerprint density at radius 2 is 2.11 bits per heavy atom. The molecule has 0 aliphatic heterocycles. The number of aromatic nitrogens is 3. The van der Waals surface area contributed by atoms with Gasteiger partial charge >= 0.3 is 0 Å². The molecule has 0 unspecified atom stereocenters. The molecular formula is C17H25N5O3S2. The fraction of sp³-hybridized carbons (Fsp3) is 0.471. The van der Waals surface area contributed by atoms with E-state index in [2.05, 4.69) is 20.2 Å². The molecule has 0 bridgehead atoms. The lowest BCUT2D eigenvalue weighted by atomic mass is 10.2. The molecule has 0 spiro atoms. The lowest BCUT2D eigenvalue weighted by Crippen LogP contribution is -2.30. The quantitative estimate of drug-likeness (QED) is 0.546. The molecule has 0 saturated carbocycles. The van der Waals surface area contributed by atoms with Gasteiger partial charge in [0.25, 0.3) is 0 Å². The Hall–Kier alpha value is -2.04. The fourth-order valence-electron chi connectivity index (χ4n) is 2.53. The van der Waals surface area contributed by atoms with Gasteiger partial charge in [0.05, 0.1) is 4.90 Å². The zero-order valence-electron chi connectivity index (χ0n) is 15.7. The van der Waals surface area contributed by atoms with Crippen molar-refractivity contribution in [2.24, 2.45) is 0 Å². The number of H-pyrrole nitrogens is 1. The number of nitrogens with zero attached hydrogens (tertiary/aromatic N) is 2. The lowest BCUT2D eigenvalue weighted by Gasteiger charge is -2.11. The second-order valence-corrected chi connectivity index (χ2v) is 8.58. The minimum Gasteiger partial charge on any atom is -0.350 e. The Bertz CT molecular complexity index is 947. The summed E-state index contributed by atoms with van der Waals surface area (Å²) in [6.45, 7) is 5.83. The molecule has 0 radical (unpaired) electrons. The average Bonchev–Trinajstić information content (AvgIpc) is 2.93. The number of hydrogen-bond donors (Lipinski definition) is 3. The average molecular weight is 412 g/mol. The molecule has 10 heteroatoms. The van der Waals surface area contributed by atoms with Crippen LogP contribution in [0.2, 0.25) is 0 Å². The van der Waals surface area contributed by atoms with E-state index >= 15 is 0 Å². The lowest BCUT2D eigenvalue weighted by molar-refractivity contribution is -0.121. The predicted octanol–water partition coefficient (Wildman–Crippen LogP) is 1.90. The number of benzene rings is 1. The molecule has 1 aromatic carbocycles. The number of carbonyl (C=O) groups is 1. The minimum atomic E-state index is -3.57. The molecule has 1 aromatic heterocycles. The largest absolute Gasteiger partial charge is 0.350 e. The Morgan fingerprint density at radius 3 is 2.78 bits per heavy atom. The van der Waals surface area contributed by atoms with E-state index in [0.717, 1.165) is 18.7 Å². The SMILES string of the molecule is CCCc1n[nH]c(=S)n1CC(=O)NCc1cccc(S(=O)(=O)NC(C)C)c1. The van der Waals surface area contributed by atoms with Gasteiger partial charge in [-0.3, -0.25) is 14.5 Å². The molecule has 148 valence electrons. The number of nitrogens with one attached hydrogen (secondary N) is 3. The Balaban J connectivity index is 2.03. The van der Waals surface area contributed by atoms with Crippen LogP contribution in [0.1, 0.15) is 38.6 Å². The molecule has 8 nitrogen and oxygen atoms in total. The van der Waals surface area contributed by atoms with Gasteiger partial charge in [-0.2, -0.15) is 5.10 Å². The standard InChI is InChI=1S/C17H25N5O3S2/c1-4-6-15-19-20-17(26)22(15)11-16(23)18-10-13-7-5-8-14(9-13)27(24,25)21-12(2)3/h5,7-9,12,21H,4,6,10-11H2,1-3H3,(H,18,23)(H,20,26). The second kappa shape index (κ2) is 9.25. The number of amides is 1. The summed E-state index contributed by atoms with van der Waals surface area (Å²) in [6, 6.07) is 6.30. The van der Waals surface area contributed by atoms with Gasteiger partial charge in [0.1, 0.15) is 12.4 Å². The Kier molecular flexibility index (Phi) is 7.28. The summed E-state index contributed by atoms with van der Waals surface area (Å²) in [7, 11) is -3.57. The number of aryl methyl sites for hydroxylation is 1. The van der Waals surface area contributed by atoms with Crippen molar-refractivity contribution in [3.05, 3.63) is 40.4 Å². The maximum absolute atomic E-state index is 12.3. The maximum atomic E-state index is 12.3. The van der Waals surface area contributed by atoms with Gasteiger partial charge in [-0.15, -0.1) is 0 Å².